The van der Waals surface area contributed by atoms with E-state index in [9.17, 15) is 4.79 Å². The van der Waals surface area contributed by atoms with E-state index in [-0.39, 0.29) is 11.2 Å². The van der Waals surface area contributed by atoms with E-state index in [1.165, 1.54) is 24.6 Å². The van der Waals surface area contributed by atoms with E-state index >= 15 is 0 Å². The second kappa shape index (κ2) is 8.47. The van der Waals surface area contributed by atoms with E-state index in [1.54, 1.807) is 12.4 Å². The number of amides is 1. The molecule has 1 amide bonds. The standard InChI is InChI=1S/C18H25N5OS/c1-3-15(17(24)20-14-9-5-6-10-14)25-18-22-21-16(23(18)4-2)13-8-7-11-19-12-13/h7-8,11-12,14-15H,3-6,9-10H2,1-2H3,(H,20,24). The number of nitrogens with zero attached hydrogens (tertiary/aromatic N) is 4. The summed E-state index contributed by atoms with van der Waals surface area (Å²) in [5.41, 5.74) is 0.937. The molecule has 1 unspecified atom stereocenters. The van der Waals surface area contributed by atoms with Crippen molar-refractivity contribution < 1.29 is 4.79 Å². The summed E-state index contributed by atoms with van der Waals surface area (Å²) in [6, 6.07) is 4.21. The summed E-state index contributed by atoms with van der Waals surface area (Å²) in [5.74, 6) is 0.914. The van der Waals surface area contributed by atoms with E-state index in [0.29, 0.717) is 6.04 Å². The van der Waals surface area contributed by atoms with Crippen LogP contribution in [-0.2, 0) is 11.3 Å². The van der Waals surface area contributed by atoms with Crippen molar-refractivity contribution in [1.29, 1.82) is 0 Å². The summed E-state index contributed by atoms with van der Waals surface area (Å²) in [5, 5.41) is 12.5. The maximum absolute atomic E-state index is 12.6. The van der Waals surface area contributed by atoms with Crippen molar-refractivity contribution in [1.82, 2.24) is 25.1 Å². The molecule has 1 aliphatic rings. The Morgan fingerprint density at radius 3 is 2.80 bits per heavy atom. The topological polar surface area (TPSA) is 72.7 Å². The van der Waals surface area contributed by atoms with Crippen molar-refractivity contribution in [2.75, 3.05) is 0 Å². The lowest BCUT2D eigenvalue weighted by Gasteiger charge is -2.18. The van der Waals surface area contributed by atoms with Gasteiger partial charge in [-0.3, -0.25) is 9.78 Å². The molecule has 25 heavy (non-hydrogen) atoms. The molecule has 2 aromatic rings. The number of rotatable bonds is 7. The van der Waals surface area contributed by atoms with Crippen LogP contribution in [0.25, 0.3) is 11.4 Å². The van der Waals surface area contributed by atoms with Crippen molar-refractivity contribution in [3.05, 3.63) is 24.5 Å². The van der Waals surface area contributed by atoms with Gasteiger partial charge in [-0.2, -0.15) is 0 Å². The first-order valence-electron chi connectivity index (χ1n) is 9.03. The lowest BCUT2D eigenvalue weighted by molar-refractivity contribution is -0.121. The molecular formula is C18H25N5OS. The van der Waals surface area contributed by atoms with Gasteiger partial charge in [0.1, 0.15) is 0 Å². The predicted octanol–water partition coefficient (Wildman–Crippen LogP) is 3.29. The molecule has 0 spiro atoms. The number of carbonyl (C=O) groups is 1. The van der Waals surface area contributed by atoms with Gasteiger partial charge in [0, 0.05) is 30.5 Å². The predicted molar refractivity (Wildman–Crippen MR) is 99.3 cm³/mol. The van der Waals surface area contributed by atoms with Gasteiger partial charge in [0.2, 0.25) is 5.91 Å². The zero-order valence-corrected chi connectivity index (χ0v) is 15.6. The van der Waals surface area contributed by atoms with Gasteiger partial charge in [0.25, 0.3) is 0 Å². The van der Waals surface area contributed by atoms with Gasteiger partial charge in [-0.1, -0.05) is 31.5 Å². The summed E-state index contributed by atoms with van der Waals surface area (Å²) in [6.07, 6.45) is 8.93. The number of aromatic nitrogens is 4. The van der Waals surface area contributed by atoms with Crippen LogP contribution >= 0.6 is 11.8 Å². The summed E-state index contributed by atoms with van der Waals surface area (Å²) in [7, 11) is 0. The van der Waals surface area contributed by atoms with Crippen molar-refractivity contribution >= 4 is 17.7 Å². The highest BCUT2D eigenvalue weighted by Crippen LogP contribution is 2.28. The highest BCUT2D eigenvalue weighted by atomic mass is 32.2. The van der Waals surface area contributed by atoms with Crippen LogP contribution in [0.5, 0.6) is 0 Å². The molecule has 0 saturated heterocycles. The SMILES string of the molecule is CCC(Sc1nnc(-c2cccnc2)n1CC)C(=O)NC1CCCC1. The van der Waals surface area contributed by atoms with Crippen molar-refractivity contribution in [3.8, 4) is 11.4 Å². The molecule has 3 rings (SSSR count). The monoisotopic (exact) mass is 359 g/mol. The first-order valence-corrected chi connectivity index (χ1v) is 9.91. The summed E-state index contributed by atoms with van der Waals surface area (Å²) in [4.78, 5) is 16.8. The smallest absolute Gasteiger partial charge is 0.233 e. The molecule has 0 radical (unpaired) electrons. The zero-order chi connectivity index (χ0) is 17.6. The molecule has 2 aromatic heterocycles. The lowest BCUT2D eigenvalue weighted by atomic mass is 10.2. The van der Waals surface area contributed by atoms with Crippen molar-refractivity contribution in [2.24, 2.45) is 0 Å². The average Bonchev–Trinajstić information content (AvgIpc) is 3.29. The van der Waals surface area contributed by atoms with Gasteiger partial charge >= 0.3 is 0 Å². The summed E-state index contributed by atoms with van der Waals surface area (Å²) in [6.45, 7) is 4.85. The van der Waals surface area contributed by atoms with E-state index in [0.717, 1.165) is 42.4 Å². The van der Waals surface area contributed by atoms with Crippen LogP contribution in [0, 0.1) is 0 Å². The first kappa shape index (κ1) is 17.9. The van der Waals surface area contributed by atoms with Crippen LogP contribution in [0.15, 0.2) is 29.7 Å². The fraction of sp³-hybridized carbons (Fsp3) is 0.556. The van der Waals surface area contributed by atoms with E-state index < -0.39 is 0 Å². The Kier molecular flexibility index (Phi) is 6.07. The van der Waals surface area contributed by atoms with E-state index in [1.807, 2.05) is 23.6 Å². The molecule has 1 fully saturated rings. The van der Waals surface area contributed by atoms with Crippen molar-refractivity contribution in [3.63, 3.8) is 0 Å². The summed E-state index contributed by atoms with van der Waals surface area (Å²) < 4.78 is 2.05. The lowest BCUT2D eigenvalue weighted by Crippen LogP contribution is -2.38. The van der Waals surface area contributed by atoms with E-state index in [2.05, 4.69) is 27.4 Å². The minimum atomic E-state index is -0.142. The van der Waals surface area contributed by atoms with Crippen LogP contribution in [0.2, 0.25) is 0 Å². The second-order valence-electron chi connectivity index (χ2n) is 6.30. The molecule has 0 bridgehead atoms. The number of pyridine rings is 1. The molecule has 0 aliphatic heterocycles. The molecule has 1 N–H and O–H groups in total. The number of carbonyl (C=O) groups excluding carboxylic acids is 1. The van der Waals surface area contributed by atoms with Gasteiger partial charge < -0.3 is 9.88 Å². The Morgan fingerprint density at radius 2 is 2.16 bits per heavy atom. The maximum Gasteiger partial charge on any atom is 0.233 e. The molecule has 0 aromatic carbocycles. The summed E-state index contributed by atoms with van der Waals surface area (Å²) >= 11 is 1.50. The first-order chi connectivity index (χ1) is 12.2. The number of hydrogen-bond acceptors (Lipinski definition) is 5. The van der Waals surface area contributed by atoms with Gasteiger partial charge in [-0.15, -0.1) is 10.2 Å². The largest absolute Gasteiger partial charge is 0.352 e. The zero-order valence-electron chi connectivity index (χ0n) is 14.8. The molecular weight excluding hydrogens is 334 g/mol. The minimum Gasteiger partial charge on any atom is -0.352 e. The fourth-order valence-corrected chi connectivity index (χ4v) is 4.21. The van der Waals surface area contributed by atoms with Crippen molar-refractivity contribution in [2.45, 2.75) is 68.9 Å². The number of thioether (sulfide) groups is 1. The van der Waals surface area contributed by atoms with E-state index in [4.69, 9.17) is 0 Å². The highest BCUT2D eigenvalue weighted by molar-refractivity contribution is 8.00. The van der Waals surface area contributed by atoms with Crippen LogP contribution in [0.4, 0.5) is 0 Å². The molecule has 134 valence electrons. The van der Waals surface area contributed by atoms with Gasteiger partial charge in [-0.05, 0) is 38.3 Å². The Hall–Kier alpha value is -1.89. The molecule has 1 aliphatic carbocycles. The quantitative estimate of drug-likeness (QED) is 0.768. The Bertz CT molecular complexity index is 697. The Morgan fingerprint density at radius 1 is 1.36 bits per heavy atom. The third-order valence-electron chi connectivity index (χ3n) is 4.57. The maximum atomic E-state index is 12.6. The van der Waals surface area contributed by atoms with Crippen LogP contribution < -0.4 is 5.32 Å². The number of nitrogens with one attached hydrogen (secondary N) is 1. The van der Waals surface area contributed by atoms with Gasteiger partial charge in [0.15, 0.2) is 11.0 Å². The normalized spacial score (nSPS) is 16.1. The number of hydrogen-bond donors (Lipinski definition) is 1. The minimum absolute atomic E-state index is 0.119. The Balaban J connectivity index is 1.74. The average molecular weight is 359 g/mol. The second-order valence-corrected chi connectivity index (χ2v) is 7.47. The fourth-order valence-electron chi connectivity index (χ4n) is 3.18. The molecule has 7 heteroatoms. The third-order valence-corrected chi connectivity index (χ3v) is 5.91. The third kappa shape index (κ3) is 4.21. The van der Waals surface area contributed by atoms with Gasteiger partial charge in [0.05, 0.1) is 5.25 Å². The van der Waals surface area contributed by atoms with Gasteiger partial charge in [-0.25, -0.2) is 0 Å². The van der Waals surface area contributed by atoms with Crippen LogP contribution in [0.3, 0.4) is 0 Å². The van der Waals surface area contributed by atoms with Crippen LogP contribution in [-0.4, -0.2) is 36.9 Å². The highest BCUT2D eigenvalue weighted by Gasteiger charge is 2.25. The Labute approximate surface area is 152 Å². The van der Waals surface area contributed by atoms with Crippen LogP contribution in [0.1, 0.15) is 46.0 Å². The molecule has 1 saturated carbocycles. The molecule has 6 nitrogen and oxygen atoms in total. The molecule has 1 atom stereocenters. The molecule has 2 heterocycles.